The quantitative estimate of drug-likeness (QED) is 0.769. The Balaban J connectivity index is 1.82. The largest absolute Gasteiger partial charge is 0.475 e. The molecule has 3 rings (SSSR count). The summed E-state index contributed by atoms with van der Waals surface area (Å²) in [6, 6.07) is 12.4. The number of aromatic nitrogens is 2. The Hall–Kier alpha value is -2.18. The normalized spacial score (nSPS) is 19.6. The van der Waals surface area contributed by atoms with Crippen molar-refractivity contribution in [3.05, 3.63) is 47.7 Å². The van der Waals surface area contributed by atoms with E-state index >= 15 is 0 Å². The summed E-state index contributed by atoms with van der Waals surface area (Å²) in [6.45, 7) is 0.122. The molecule has 24 heavy (non-hydrogen) atoms. The van der Waals surface area contributed by atoms with Gasteiger partial charge in [-0.1, -0.05) is 30.3 Å². The highest BCUT2D eigenvalue weighted by molar-refractivity contribution is 5.31. The van der Waals surface area contributed by atoms with E-state index in [2.05, 4.69) is 34.2 Å². The molecule has 2 unspecified atom stereocenters. The van der Waals surface area contributed by atoms with Gasteiger partial charge in [-0.2, -0.15) is 9.97 Å². The minimum Gasteiger partial charge on any atom is -0.475 e. The first-order valence-corrected chi connectivity index (χ1v) is 8.23. The van der Waals surface area contributed by atoms with Gasteiger partial charge in [-0.25, -0.2) is 0 Å². The zero-order valence-corrected chi connectivity index (χ0v) is 13.5. The molecule has 1 saturated carbocycles. The van der Waals surface area contributed by atoms with E-state index in [1.807, 2.05) is 12.1 Å². The van der Waals surface area contributed by atoms with Gasteiger partial charge in [0, 0.05) is 12.0 Å². The van der Waals surface area contributed by atoms with Gasteiger partial charge in [0.05, 0.1) is 18.9 Å². The van der Waals surface area contributed by atoms with Gasteiger partial charge in [0.2, 0.25) is 5.88 Å². The Labute approximate surface area is 141 Å². The van der Waals surface area contributed by atoms with Crippen LogP contribution in [0.15, 0.2) is 36.4 Å². The molecule has 0 aliphatic heterocycles. The molecule has 1 aliphatic carbocycles. The number of aliphatic hydroxyl groups excluding tert-OH is 2. The maximum Gasteiger partial charge on any atom is 0.320 e. The van der Waals surface area contributed by atoms with Crippen molar-refractivity contribution in [3.63, 3.8) is 0 Å². The molecule has 6 nitrogen and oxygen atoms in total. The first-order chi connectivity index (χ1) is 11.8. The Bertz CT molecular complexity index is 624. The number of rotatable bonds is 8. The highest BCUT2D eigenvalue weighted by Crippen LogP contribution is 2.49. The maximum atomic E-state index is 8.93. The number of hydrogen-bond donors (Lipinski definition) is 2. The third-order valence-electron chi connectivity index (χ3n) is 4.25. The van der Waals surface area contributed by atoms with Crippen LogP contribution in [0, 0.1) is 0 Å². The van der Waals surface area contributed by atoms with Crippen LogP contribution in [0.3, 0.4) is 0 Å². The maximum absolute atomic E-state index is 8.93. The van der Waals surface area contributed by atoms with E-state index in [0.29, 0.717) is 17.7 Å². The molecule has 0 saturated heterocycles. The lowest BCUT2D eigenvalue weighted by Gasteiger charge is -2.36. The topological polar surface area (TPSA) is 84.7 Å². The average Bonchev–Trinajstić information content (AvgIpc) is 2.58. The Kier molecular flexibility index (Phi) is 5.61. The molecule has 1 aromatic heterocycles. The molecule has 2 aromatic rings. The zero-order chi connectivity index (χ0) is 16.8. The van der Waals surface area contributed by atoms with Crippen LogP contribution in [0.1, 0.15) is 35.9 Å². The number of aliphatic hydroxyl groups is 2. The van der Waals surface area contributed by atoms with Crippen LogP contribution >= 0.6 is 0 Å². The van der Waals surface area contributed by atoms with Gasteiger partial charge >= 0.3 is 6.01 Å². The van der Waals surface area contributed by atoms with Crippen LogP contribution in [0.2, 0.25) is 0 Å². The summed E-state index contributed by atoms with van der Waals surface area (Å²) in [4.78, 5) is 8.66. The fourth-order valence-corrected chi connectivity index (χ4v) is 2.99. The summed E-state index contributed by atoms with van der Waals surface area (Å²) in [5.74, 6) is 1.11. The number of ether oxygens (including phenoxy) is 2. The lowest BCUT2D eigenvalue weighted by molar-refractivity contribution is 0.179. The molecule has 0 spiro atoms. The third kappa shape index (κ3) is 3.83. The number of hydrogen-bond acceptors (Lipinski definition) is 6. The fraction of sp³-hybridized carbons (Fsp3) is 0.444. The predicted octanol–water partition coefficient (Wildman–Crippen LogP) is 1.88. The fourth-order valence-electron chi connectivity index (χ4n) is 2.99. The minimum absolute atomic E-state index is 0.0811. The zero-order valence-electron chi connectivity index (χ0n) is 13.5. The molecule has 0 radical (unpaired) electrons. The van der Waals surface area contributed by atoms with Crippen molar-refractivity contribution in [2.24, 2.45) is 0 Å². The van der Waals surface area contributed by atoms with Gasteiger partial charge in [-0.05, 0) is 24.3 Å². The lowest BCUT2D eigenvalue weighted by Crippen LogP contribution is -2.23. The molecule has 1 heterocycles. The van der Waals surface area contributed by atoms with Crippen LogP contribution < -0.4 is 9.47 Å². The second-order valence-electron chi connectivity index (χ2n) is 5.76. The van der Waals surface area contributed by atoms with E-state index < -0.39 is 0 Å². The Morgan fingerprint density at radius 3 is 2.29 bits per heavy atom. The van der Waals surface area contributed by atoms with Crippen molar-refractivity contribution in [1.29, 1.82) is 0 Å². The summed E-state index contributed by atoms with van der Waals surface area (Å²) < 4.78 is 10.8. The second-order valence-corrected chi connectivity index (χ2v) is 5.76. The third-order valence-corrected chi connectivity index (χ3v) is 4.25. The van der Waals surface area contributed by atoms with E-state index in [4.69, 9.17) is 19.7 Å². The van der Waals surface area contributed by atoms with Gasteiger partial charge in [0.25, 0.3) is 0 Å². The van der Waals surface area contributed by atoms with Gasteiger partial charge in [-0.3, -0.25) is 0 Å². The summed E-state index contributed by atoms with van der Waals surface area (Å²) in [7, 11) is 0. The molecule has 2 N–H and O–H groups in total. The molecule has 6 heteroatoms. The summed E-state index contributed by atoms with van der Waals surface area (Å²) in [5.41, 5.74) is 2.19. The molecule has 1 aromatic carbocycles. The molecule has 2 atom stereocenters. The molecule has 1 aliphatic rings. The SMILES string of the molecule is OCCOc1cc(C2CCC2c2ccccc2)nc(OCCO)n1. The van der Waals surface area contributed by atoms with Gasteiger partial charge in [-0.15, -0.1) is 0 Å². The van der Waals surface area contributed by atoms with Crippen molar-refractivity contribution in [3.8, 4) is 11.9 Å². The van der Waals surface area contributed by atoms with Crippen molar-refractivity contribution >= 4 is 0 Å². The van der Waals surface area contributed by atoms with Crippen LogP contribution in [-0.2, 0) is 0 Å². The Morgan fingerprint density at radius 2 is 1.62 bits per heavy atom. The van der Waals surface area contributed by atoms with Gasteiger partial charge in [0.15, 0.2) is 0 Å². The van der Waals surface area contributed by atoms with E-state index in [0.717, 1.165) is 18.5 Å². The van der Waals surface area contributed by atoms with Crippen molar-refractivity contribution in [2.75, 3.05) is 26.4 Å². The molecule has 0 bridgehead atoms. The summed E-state index contributed by atoms with van der Waals surface area (Å²) in [5, 5.41) is 17.9. The van der Waals surface area contributed by atoms with Crippen LogP contribution in [0.4, 0.5) is 0 Å². The van der Waals surface area contributed by atoms with Crippen LogP contribution in [0.5, 0.6) is 11.9 Å². The monoisotopic (exact) mass is 330 g/mol. The molecule has 128 valence electrons. The number of nitrogens with zero attached hydrogens (tertiary/aromatic N) is 2. The smallest absolute Gasteiger partial charge is 0.320 e. The molecule has 1 fully saturated rings. The first-order valence-electron chi connectivity index (χ1n) is 8.23. The van der Waals surface area contributed by atoms with Crippen molar-refractivity contribution in [2.45, 2.75) is 24.7 Å². The van der Waals surface area contributed by atoms with Gasteiger partial charge < -0.3 is 19.7 Å². The van der Waals surface area contributed by atoms with Crippen molar-refractivity contribution < 1.29 is 19.7 Å². The van der Waals surface area contributed by atoms with Crippen LogP contribution in [-0.4, -0.2) is 46.6 Å². The number of benzene rings is 1. The van der Waals surface area contributed by atoms with Gasteiger partial charge in [0.1, 0.15) is 13.2 Å². The van der Waals surface area contributed by atoms with E-state index in [-0.39, 0.29) is 32.4 Å². The first kappa shape index (κ1) is 16.7. The van der Waals surface area contributed by atoms with E-state index in [1.165, 1.54) is 5.56 Å². The highest BCUT2D eigenvalue weighted by Gasteiger charge is 2.35. The lowest BCUT2D eigenvalue weighted by atomic mass is 9.68. The van der Waals surface area contributed by atoms with Crippen molar-refractivity contribution in [1.82, 2.24) is 9.97 Å². The minimum atomic E-state index is -0.101. The average molecular weight is 330 g/mol. The summed E-state index contributed by atoms with van der Waals surface area (Å²) >= 11 is 0. The second kappa shape index (κ2) is 8.08. The Morgan fingerprint density at radius 1 is 0.917 bits per heavy atom. The standard InChI is InChI=1S/C18H22N2O4/c21-8-10-23-17-12-16(19-18(20-17)24-11-9-22)15-7-6-14(15)13-4-2-1-3-5-13/h1-5,12,14-15,21-22H,6-11H2. The van der Waals surface area contributed by atoms with Crippen LogP contribution in [0.25, 0.3) is 0 Å². The molecular weight excluding hydrogens is 308 g/mol. The predicted molar refractivity (Wildman–Crippen MR) is 88.4 cm³/mol. The highest BCUT2D eigenvalue weighted by atomic mass is 16.5. The van der Waals surface area contributed by atoms with E-state index in [9.17, 15) is 0 Å². The molecule has 0 amide bonds. The van der Waals surface area contributed by atoms with E-state index in [1.54, 1.807) is 0 Å². The molecular formula is C18H22N2O4. The summed E-state index contributed by atoms with van der Waals surface area (Å²) in [6.07, 6.45) is 2.17.